The van der Waals surface area contributed by atoms with Crippen molar-refractivity contribution in [2.24, 2.45) is 0 Å². The predicted molar refractivity (Wildman–Crippen MR) is 51.2 cm³/mol. The van der Waals surface area contributed by atoms with Crippen LogP contribution in [0.4, 0.5) is 11.6 Å². The van der Waals surface area contributed by atoms with Crippen LogP contribution in [0.5, 0.6) is 0 Å². The van der Waals surface area contributed by atoms with Gasteiger partial charge in [-0.05, 0) is 24.5 Å². The topological polar surface area (TPSA) is 39.9 Å². The van der Waals surface area contributed by atoms with E-state index in [2.05, 4.69) is 15.3 Å². The predicted octanol–water partition coefficient (Wildman–Crippen LogP) is -0.182. The number of aromatic nitrogens is 2. The molecule has 0 bridgehead atoms. The van der Waals surface area contributed by atoms with Gasteiger partial charge in [-0.1, -0.05) is 24.3 Å². The Labute approximate surface area is 94.8 Å². The van der Waals surface area contributed by atoms with Gasteiger partial charge in [-0.3, -0.25) is 0 Å². The molecule has 2 heterocycles. The Morgan fingerprint density at radius 2 is 1.29 bits per heavy atom. The summed E-state index contributed by atoms with van der Waals surface area (Å²) in [5.74, 6) is 1.36. The third kappa shape index (κ3) is 2.88. The second kappa shape index (κ2) is 5.43. The summed E-state index contributed by atoms with van der Waals surface area (Å²) in [6.45, 7) is 0. The summed E-state index contributed by atoms with van der Waals surface area (Å²) < 4.78 is 0. The van der Waals surface area contributed by atoms with Gasteiger partial charge in [0.05, 0.1) is 0 Å². The first kappa shape index (κ1) is 10.8. The summed E-state index contributed by atoms with van der Waals surface area (Å²) in [5.41, 5.74) is 0. The summed E-state index contributed by atoms with van der Waals surface area (Å²) in [6, 6.07) is 11.2. The Morgan fingerprint density at radius 1 is 0.786 bits per heavy atom. The maximum atomic E-state index is 4.22. The standard InChI is InChI=1S/C10H8N3.Li/c1-3-7-11-9(5-1)13-10-6-2-4-8-12-10;/h1-8H;/q-1;+1. The van der Waals surface area contributed by atoms with E-state index in [-0.39, 0.29) is 18.9 Å². The van der Waals surface area contributed by atoms with Gasteiger partial charge in [-0.15, -0.1) is 0 Å². The zero-order valence-electron chi connectivity index (χ0n) is 7.96. The summed E-state index contributed by atoms with van der Waals surface area (Å²) >= 11 is 0. The van der Waals surface area contributed by atoms with Crippen molar-refractivity contribution in [3.8, 4) is 0 Å². The van der Waals surface area contributed by atoms with Crippen LogP contribution < -0.4 is 18.9 Å². The second-order valence-corrected chi connectivity index (χ2v) is 2.49. The number of hydrogen-bond donors (Lipinski definition) is 0. The van der Waals surface area contributed by atoms with E-state index >= 15 is 0 Å². The molecule has 0 saturated carbocycles. The van der Waals surface area contributed by atoms with E-state index < -0.39 is 0 Å². The number of rotatable bonds is 2. The SMILES string of the molecule is [Li+].c1ccc([N-]c2ccccn2)nc1. The molecule has 4 heteroatoms. The minimum Gasteiger partial charge on any atom is -0.369 e. The number of hydrogen-bond acceptors (Lipinski definition) is 2. The van der Waals surface area contributed by atoms with Crippen LogP contribution in [0.3, 0.4) is 0 Å². The van der Waals surface area contributed by atoms with Crippen LogP contribution in [-0.2, 0) is 0 Å². The van der Waals surface area contributed by atoms with Crippen LogP contribution in [0.2, 0.25) is 0 Å². The molecule has 0 aliphatic carbocycles. The Bertz CT molecular complexity index is 326. The van der Waals surface area contributed by atoms with Crippen LogP contribution in [0.1, 0.15) is 0 Å². The quantitative estimate of drug-likeness (QED) is 0.597. The van der Waals surface area contributed by atoms with Crippen molar-refractivity contribution in [3.63, 3.8) is 0 Å². The fourth-order valence-corrected chi connectivity index (χ4v) is 0.957. The largest absolute Gasteiger partial charge is 1.00 e. The van der Waals surface area contributed by atoms with Crippen molar-refractivity contribution in [3.05, 3.63) is 54.1 Å². The smallest absolute Gasteiger partial charge is 0.369 e. The van der Waals surface area contributed by atoms with Crippen LogP contribution in [0.15, 0.2) is 48.8 Å². The summed E-state index contributed by atoms with van der Waals surface area (Å²) in [4.78, 5) is 8.13. The molecule has 0 spiro atoms. The summed E-state index contributed by atoms with van der Waals surface area (Å²) in [5, 5.41) is 4.22. The molecule has 2 aromatic rings. The molecule has 0 fully saturated rings. The maximum Gasteiger partial charge on any atom is 1.00 e. The van der Waals surface area contributed by atoms with Crippen molar-refractivity contribution in [2.45, 2.75) is 0 Å². The summed E-state index contributed by atoms with van der Waals surface area (Å²) in [7, 11) is 0. The molecule has 0 amide bonds. The van der Waals surface area contributed by atoms with Gasteiger partial charge in [-0.2, -0.15) is 0 Å². The minimum atomic E-state index is 0. The normalized spacial score (nSPS) is 8.86. The van der Waals surface area contributed by atoms with Crippen LogP contribution in [-0.4, -0.2) is 9.97 Å². The third-order valence-electron chi connectivity index (χ3n) is 1.53. The zero-order valence-corrected chi connectivity index (χ0v) is 7.96. The van der Waals surface area contributed by atoms with Gasteiger partial charge in [-0.25, -0.2) is 0 Å². The molecule has 0 N–H and O–H groups in total. The van der Waals surface area contributed by atoms with Crippen molar-refractivity contribution < 1.29 is 18.9 Å². The van der Waals surface area contributed by atoms with E-state index in [1.807, 2.05) is 36.4 Å². The molecule has 14 heavy (non-hydrogen) atoms. The molecule has 0 saturated heterocycles. The van der Waals surface area contributed by atoms with Gasteiger partial charge in [0, 0.05) is 11.6 Å². The third-order valence-corrected chi connectivity index (χ3v) is 1.53. The Morgan fingerprint density at radius 3 is 1.64 bits per heavy atom. The fourth-order valence-electron chi connectivity index (χ4n) is 0.957. The maximum absolute atomic E-state index is 4.22. The second-order valence-electron chi connectivity index (χ2n) is 2.49. The van der Waals surface area contributed by atoms with Gasteiger partial charge in [0.2, 0.25) is 0 Å². The van der Waals surface area contributed by atoms with Gasteiger partial charge < -0.3 is 15.3 Å². The fraction of sp³-hybridized carbons (Fsp3) is 0. The van der Waals surface area contributed by atoms with Crippen LogP contribution in [0, 0.1) is 0 Å². The average molecular weight is 177 g/mol. The Kier molecular flexibility index (Phi) is 4.18. The van der Waals surface area contributed by atoms with E-state index in [1.165, 1.54) is 0 Å². The van der Waals surface area contributed by atoms with Gasteiger partial charge >= 0.3 is 18.9 Å². The first-order chi connectivity index (χ1) is 6.45. The Balaban J connectivity index is 0.000000980. The molecular formula is C10H8LiN3. The zero-order chi connectivity index (χ0) is 8.93. The first-order valence-corrected chi connectivity index (χ1v) is 3.99. The molecule has 0 aliphatic rings. The van der Waals surface area contributed by atoms with E-state index in [9.17, 15) is 0 Å². The van der Waals surface area contributed by atoms with Gasteiger partial charge in [0.1, 0.15) is 0 Å². The van der Waals surface area contributed by atoms with Crippen molar-refractivity contribution in [1.82, 2.24) is 9.97 Å². The molecule has 0 atom stereocenters. The van der Waals surface area contributed by atoms with E-state index in [0.29, 0.717) is 11.6 Å². The molecule has 0 aliphatic heterocycles. The molecule has 2 aromatic heterocycles. The molecule has 0 unspecified atom stereocenters. The monoisotopic (exact) mass is 177 g/mol. The van der Waals surface area contributed by atoms with Crippen molar-refractivity contribution in [1.29, 1.82) is 0 Å². The van der Waals surface area contributed by atoms with Crippen LogP contribution >= 0.6 is 0 Å². The van der Waals surface area contributed by atoms with Crippen LogP contribution in [0.25, 0.3) is 5.32 Å². The summed E-state index contributed by atoms with van der Waals surface area (Å²) in [6.07, 6.45) is 3.42. The van der Waals surface area contributed by atoms with Gasteiger partial charge in [0.15, 0.2) is 0 Å². The minimum absolute atomic E-state index is 0. The Hall–Kier alpha value is -1.30. The van der Waals surface area contributed by atoms with E-state index in [4.69, 9.17) is 0 Å². The van der Waals surface area contributed by atoms with Crippen molar-refractivity contribution in [2.75, 3.05) is 0 Å². The first-order valence-electron chi connectivity index (χ1n) is 3.99. The number of nitrogens with zero attached hydrogens (tertiary/aromatic N) is 3. The molecule has 3 nitrogen and oxygen atoms in total. The molecule has 2 rings (SSSR count). The van der Waals surface area contributed by atoms with E-state index in [0.717, 1.165) is 0 Å². The molecular weight excluding hydrogens is 169 g/mol. The molecule has 0 aromatic carbocycles. The molecule has 64 valence electrons. The van der Waals surface area contributed by atoms with E-state index in [1.54, 1.807) is 12.4 Å². The average Bonchev–Trinajstić information content (AvgIpc) is 2.21. The van der Waals surface area contributed by atoms with Crippen molar-refractivity contribution >= 4 is 11.6 Å². The van der Waals surface area contributed by atoms with Gasteiger partial charge in [0.25, 0.3) is 0 Å². The molecule has 0 radical (unpaired) electrons. The number of pyridine rings is 2.